The Morgan fingerprint density at radius 1 is 1.25 bits per heavy atom. The van der Waals surface area contributed by atoms with Gasteiger partial charge in [0.05, 0.1) is 17.6 Å². The van der Waals surface area contributed by atoms with Crippen LogP contribution in [0.15, 0.2) is 18.2 Å². The lowest BCUT2D eigenvalue weighted by molar-refractivity contribution is 0.204. The topological polar surface area (TPSA) is 81.4 Å². The first-order valence-corrected chi connectivity index (χ1v) is 7.09. The Morgan fingerprint density at radius 3 is 3.00 bits per heavy atom. The third-order valence-corrected chi connectivity index (χ3v) is 3.80. The largest absolute Gasteiger partial charge is 0.399 e. The first-order chi connectivity index (χ1) is 9.76. The summed E-state index contributed by atoms with van der Waals surface area (Å²) >= 11 is 0. The molecule has 108 valence electrons. The molecule has 0 atom stereocenters. The van der Waals surface area contributed by atoms with E-state index >= 15 is 0 Å². The molecule has 3 rings (SSSR count). The molecule has 0 radical (unpaired) electrons. The molecule has 0 aliphatic carbocycles. The zero-order valence-corrected chi connectivity index (χ0v) is 11.5. The van der Waals surface area contributed by atoms with Gasteiger partial charge in [-0.15, -0.1) is 0 Å². The van der Waals surface area contributed by atoms with Crippen LogP contribution in [-0.4, -0.2) is 59.3 Å². The fourth-order valence-electron chi connectivity index (χ4n) is 2.71. The predicted molar refractivity (Wildman–Crippen MR) is 80.9 cm³/mol. The zero-order chi connectivity index (χ0) is 13.9. The van der Waals surface area contributed by atoms with Crippen LogP contribution in [0.4, 0.5) is 11.6 Å². The maximum Gasteiger partial charge on any atom is 0.203 e. The molecule has 0 unspecified atom stereocenters. The Hall–Kier alpha value is -1.79. The summed E-state index contributed by atoms with van der Waals surface area (Å²) in [5.74, 6) is 0.913. The minimum Gasteiger partial charge on any atom is -0.399 e. The molecule has 6 nitrogen and oxygen atoms in total. The van der Waals surface area contributed by atoms with Gasteiger partial charge in [0.2, 0.25) is 5.95 Å². The van der Waals surface area contributed by atoms with Gasteiger partial charge in [0.25, 0.3) is 0 Å². The van der Waals surface area contributed by atoms with Crippen LogP contribution in [-0.2, 0) is 0 Å². The maximum atomic E-state index is 9.03. The van der Waals surface area contributed by atoms with E-state index in [9.17, 15) is 0 Å². The number of nitrogen functional groups attached to an aromatic ring is 1. The molecule has 4 N–H and O–H groups in total. The van der Waals surface area contributed by atoms with Crippen LogP contribution in [0, 0.1) is 0 Å². The van der Waals surface area contributed by atoms with E-state index in [1.807, 2.05) is 18.2 Å². The molecule has 0 spiro atoms. The average molecular weight is 275 g/mol. The molecule has 1 saturated heterocycles. The highest BCUT2D eigenvalue weighted by molar-refractivity contribution is 5.80. The van der Waals surface area contributed by atoms with Crippen LogP contribution in [0.1, 0.15) is 6.42 Å². The Morgan fingerprint density at radius 2 is 2.15 bits per heavy atom. The second-order valence-corrected chi connectivity index (χ2v) is 5.24. The number of aromatic amines is 1. The van der Waals surface area contributed by atoms with Crippen LogP contribution >= 0.6 is 0 Å². The van der Waals surface area contributed by atoms with Crippen molar-refractivity contribution >= 4 is 22.7 Å². The number of aliphatic hydroxyl groups is 1. The van der Waals surface area contributed by atoms with Crippen LogP contribution in [0.5, 0.6) is 0 Å². The summed E-state index contributed by atoms with van der Waals surface area (Å²) < 4.78 is 0. The number of benzene rings is 1. The second kappa shape index (κ2) is 5.68. The normalized spacial score (nSPS) is 17.6. The van der Waals surface area contributed by atoms with Gasteiger partial charge in [-0.1, -0.05) is 0 Å². The number of aliphatic hydroxyl groups excluding tert-OH is 1. The number of rotatable bonds is 3. The lowest BCUT2D eigenvalue weighted by Gasteiger charge is -2.20. The number of nitrogens with two attached hydrogens (primary N) is 1. The molecule has 0 amide bonds. The van der Waals surface area contributed by atoms with Gasteiger partial charge in [-0.25, -0.2) is 4.98 Å². The number of β-amino-alcohol motifs (C(OH)–C–C–N with tert-alkyl or cyclic N) is 1. The highest BCUT2D eigenvalue weighted by Crippen LogP contribution is 2.20. The summed E-state index contributed by atoms with van der Waals surface area (Å²) in [4.78, 5) is 12.5. The fraction of sp³-hybridized carbons (Fsp3) is 0.500. The van der Waals surface area contributed by atoms with Crippen molar-refractivity contribution in [3.8, 4) is 0 Å². The number of nitrogens with zero attached hydrogens (tertiary/aromatic N) is 3. The standard InChI is InChI=1S/C14H21N5O/c15-11-2-3-12-13(10-11)17-14(16-12)19-5-1-4-18(6-7-19)8-9-20/h2-3,10,20H,1,4-9,15H2,(H,16,17). The van der Waals surface area contributed by atoms with Gasteiger partial charge in [-0.05, 0) is 31.2 Å². The molecule has 1 aromatic heterocycles. The summed E-state index contributed by atoms with van der Waals surface area (Å²) in [7, 11) is 0. The summed E-state index contributed by atoms with van der Waals surface area (Å²) in [6.07, 6.45) is 1.08. The van der Waals surface area contributed by atoms with E-state index in [1.165, 1.54) is 0 Å². The Kier molecular flexibility index (Phi) is 3.75. The minimum absolute atomic E-state index is 0.226. The number of aromatic nitrogens is 2. The fourth-order valence-corrected chi connectivity index (χ4v) is 2.71. The molecule has 2 aromatic rings. The van der Waals surface area contributed by atoms with E-state index in [2.05, 4.69) is 19.8 Å². The number of fused-ring (bicyclic) bond motifs is 1. The van der Waals surface area contributed by atoms with Crippen molar-refractivity contribution in [3.05, 3.63) is 18.2 Å². The number of H-pyrrole nitrogens is 1. The first-order valence-electron chi connectivity index (χ1n) is 7.09. The number of nitrogens with one attached hydrogen (secondary N) is 1. The van der Waals surface area contributed by atoms with Crippen molar-refractivity contribution in [2.45, 2.75) is 6.42 Å². The van der Waals surface area contributed by atoms with Crippen molar-refractivity contribution in [1.82, 2.24) is 14.9 Å². The molecule has 1 fully saturated rings. The Balaban J connectivity index is 1.77. The summed E-state index contributed by atoms with van der Waals surface area (Å²) in [5.41, 5.74) is 8.48. The molecule has 1 aromatic carbocycles. The monoisotopic (exact) mass is 275 g/mol. The van der Waals surface area contributed by atoms with Crippen LogP contribution in [0.3, 0.4) is 0 Å². The number of hydrogen-bond donors (Lipinski definition) is 3. The van der Waals surface area contributed by atoms with E-state index in [4.69, 9.17) is 10.8 Å². The lowest BCUT2D eigenvalue weighted by atomic mass is 10.3. The first kappa shape index (κ1) is 13.2. The smallest absolute Gasteiger partial charge is 0.203 e. The third kappa shape index (κ3) is 2.71. The second-order valence-electron chi connectivity index (χ2n) is 5.24. The number of imidazole rings is 1. The predicted octanol–water partition coefficient (Wildman–Crippen LogP) is 0.649. The molecular formula is C14H21N5O. The van der Waals surface area contributed by atoms with Crippen molar-refractivity contribution in [2.75, 3.05) is 50.0 Å². The van der Waals surface area contributed by atoms with Gasteiger partial charge in [-0.3, -0.25) is 4.90 Å². The lowest BCUT2D eigenvalue weighted by Crippen LogP contribution is -2.32. The van der Waals surface area contributed by atoms with E-state index in [1.54, 1.807) is 0 Å². The highest BCUT2D eigenvalue weighted by Gasteiger charge is 2.17. The molecular weight excluding hydrogens is 254 g/mol. The quantitative estimate of drug-likeness (QED) is 0.717. The SMILES string of the molecule is Nc1ccc2nc(N3CCCN(CCO)CC3)[nH]c2c1. The van der Waals surface area contributed by atoms with Gasteiger partial charge >= 0.3 is 0 Å². The number of anilines is 2. The summed E-state index contributed by atoms with van der Waals surface area (Å²) in [5, 5.41) is 9.03. The minimum atomic E-state index is 0.226. The molecule has 2 heterocycles. The highest BCUT2D eigenvalue weighted by atomic mass is 16.3. The van der Waals surface area contributed by atoms with Gasteiger partial charge in [0.15, 0.2) is 0 Å². The zero-order valence-electron chi connectivity index (χ0n) is 11.5. The van der Waals surface area contributed by atoms with E-state index < -0.39 is 0 Å². The molecule has 1 aliphatic rings. The molecule has 0 saturated carbocycles. The summed E-state index contributed by atoms with van der Waals surface area (Å²) in [6, 6.07) is 5.74. The van der Waals surface area contributed by atoms with Crippen molar-refractivity contribution < 1.29 is 5.11 Å². The Bertz CT molecular complexity index is 582. The van der Waals surface area contributed by atoms with Gasteiger partial charge < -0.3 is 20.7 Å². The summed E-state index contributed by atoms with van der Waals surface area (Å²) in [6.45, 7) is 4.88. The molecule has 6 heteroatoms. The van der Waals surface area contributed by atoms with Crippen LogP contribution < -0.4 is 10.6 Å². The van der Waals surface area contributed by atoms with Gasteiger partial charge in [0, 0.05) is 31.9 Å². The van der Waals surface area contributed by atoms with Gasteiger partial charge in [0.1, 0.15) is 0 Å². The molecule has 0 bridgehead atoms. The average Bonchev–Trinajstić information content (AvgIpc) is 2.70. The van der Waals surface area contributed by atoms with E-state index in [-0.39, 0.29) is 6.61 Å². The Labute approximate surface area is 118 Å². The maximum absolute atomic E-state index is 9.03. The van der Waals surface area contributed by atoms with Crippen LogP contribution in [0.2, 0.25) is 0 Å². The van der Waals surface area contributed by atoms with E-state index in [0.29, 0.717) is 0 Å². The van der Waals surface area contributed by atoms with Crippen LogP contribution in [0.25, 0.3) is 11.0 Å². The van der Waals surface area contributed by atoms with Crippen molar-refractivity contribution in [2.24, 2.45) is 0 Å². The molecule has 1 aliphatic heterocycles. The van der Waals surface area contributed by atoms with Gasteiger partial charge in [-0.2, -0.15) is 0 Å². The number of hydrogen-bond acceptors (Lipinski definition) is 5. The third-order valence-electron chi connectivity index (χ3n) is 3.80. The van der Waals surface area contributed by atoms with Crippen molar-refractivity contribution in [3.63, 3.8) is 0 Å². The molecule has 20 heavy (non-hydrogen) atoms. The van der Waals surface area contributed by atoms with Crippen molar-refractivity contribution in [1.29, 1.82) is 0 Å². The van der Waals surface area contributed by atoms with E-state index in [0.717, 1.165) is 61.8 Å².